The summed E-state index contributed by atoms with van der Waals surface area (Å²) < 4.78 is 47.2. The van der Waals surface area contributed by atoms with Crippen LogP contribution in [-0.2, 0) is 0 Å². The number of benzene rings is 2. The lowest BCUT2D eigenvalue weighted by Gasteiger charge is -2.14. The number of rotatable bonds is 9. The standard InChI is InChI=1S/C21H20ClF3N4O3/c1-31-18-7-6-14(22)11-17(18)27-19-12-16(28-20(29-19)26-8-3-9-30)13-4-2-5-15(10-13)32-21(23,24)25/h2,4-7,10-12,30H,3,8-9H2,1H3,(H2,26,27,28,29). The maximum atomic E-state index is 12.6. The largest absolute Gasteiger partial charge is 0.573 e. The molecule has 1 aromatic heterocycles. The van der Waals surface area contributed by atoms with Gasteiger partial charge in [0.05, 0.1) is 18.5 Å². The predicted octanol–water partition coefficient (Wildman–Crippen LogP) is 5.24. The summed E-state index contributed by atoms with van der Waals surface area (Å²) in [5.41, 5.74) is 1.28. The normalized spacial score (nSPS) is 11.2. The molecular weight excluding hydrogens is 449 g/mol. The highest BCUT2D eigenvalue weighted by molar-refractivity contribution is 6.31. The van der Waals surface area contributed by atoms with Crippen LogP contribution in [-0.4, -0.2) is 41.7 Å². The van der Waals surface area contributed by atoms with Crippen molar-refractivity contribution in [3.05, 3.63) is 53.6 Å². The summed E-state index contributed by atoms with van der Waals surface area (Å²) in [4.78, 5) is 8.76. The molecular formula is C21H20ClF3N4O3. The molecule has 3 aromatic rings. The molecule has 0 unspecified atom stereocenters. The summed E-state index contributed by atoms with van der Waals surface area (Å²) in [6, 6.07) is 12.1. The molecule has 0 bridgehead atoms. The Morgan fingerprint density at radius 1 is 1.09 bits per heavy atom. The lowest BCUT2D eigenvalue weighted by Crippen LogP contribution is -2.17. The summed E-state index contributed by atoms with van der Waals surface area (Å²) in [7, 11) is 1.51. The molecule has 3 N–H and O–H groups in total. The molecule has 0 atom stereocenters. The molecule has 2 aromatic carbocycles. The van der Waals surface area contributed by atoms with Gasteiger partial charge in [-0.1, -0.05) is 23.7 Å². The molecule has 0 radical (unpaired) electrons. The van der Waals surface area contributed by atoms with E-state index in [2.05, 4.69) is 25.3 Å². The van der Waals surface area contributed by atoms with Crippen LogP contribution < -0.4 is 20.1 Å². The molecule has 11 heteroatoms. The van der Waals surface area contributed by atoms with Crippen molar-refractivity contribution in [1.82, 2.24) is 9.97 Å². The van der Waals surface area contributed by atoms with Gasteiger partial charge in [0.1, 0.15) is 17.3 Å². The van der Waals surface area contributed by atoms with Gasteiger partial charge in [0.15, 0.2) is 0 Å². The van der Waals surface area contributed by atoms with Crippen LogP contribution in [0.2, 0.25) is 5.02 Å². The minimum absolute atomic E-state index is 0.0195. The van der Waals surface area contributed by atoms with Gasteiger partial charge in [0.25, 0.3) is 0 Å². The fraction of sp³-hybridized carbons (Fsp3) is 0.238. The molecule has 170 valence electrons. The summed E-state index contributed by atoms with van der Waals surface area (Å²) in [6.45, 7) is 0.380. The second-order valence-corrected chi connectivity index (χ2v) is 6.95. The number of alkyl halides is 3. The first kappa shape index (κ1) is 23.4. The average molecular weight is 469 g/mol. The van der Waals surface area contributed by atoms with Crippen LogP contribution in [0.5, 0.6) is 11.5 Å². The summed E-state index contributed by atoms with van der Waals surface area (Å²) >= 11 is 6.08. The Kier molecular flexibility index (Phi) is 7.60. The number of nitrogens with zero attached hydrogens (tertiary/aromatic N) is 2. The lowest BCUT2D eigenvalue weighted by molar-refractivity contribution is -0.274. The average Bonchev–Trinajstić information content (AvgIpc) is 2.73. The number of aliphatic hydroxyl groups excluding tert-OH is 1. The first-order chi connectivity index (χ1) is 15.3. The smallest absolute Gasteiger partial charge is 0.495 e. The Hall–Kier alpha value is -3.24. The first-order valence-corrected chi connectivity index (χ1v) is 9.86. The number of aliphatic hydroxyl groups is 1. The topological polar surface area (TPSA) is 88.5 Å². The van der Waals surface area contributed by atoms with E-state index in [1.807, 2.05) is 0 Å². The number of ether oxygens (including phenoxy) is 2. The molecule has 0 amide bonds. The minimum Gasteiger partial charge on any atom is -0.495 e. The van der Waals surface area contributed by atoms with Gasteiger partial charge >= 0.3 is 6.36 Å². The van der Waals surface area contributed by atoms with E-state index in [-0.39, 0.29) is 18.3 Å². The maximum Gasteiger partial charge on any atom is 0.573 e. The SMILES string of the molecule is COc1ccc(Cl)cc1Nc1cc(-c2cccc(OC(F)(F)F)c2)nc(NCCCO)n1. The highest BCUT2D eigenvalue weighted by Gasteiger charge is 2.31. The van der Waals surface area contributed by atoms with E-state index in [9.17, 15) is 13.2 Å². The fourth-order valence-corrected chi connectivity index (χ4v) is 2.96. The quantitative estimate of drug-likeness (QED) is 0.370. The van der Waals surface area contributed by atoms with Crippen molar-refractivity contribution >= 4 is 29.1 Å². The third kappa shape index (κ3) is 6.63. The van der Waals surface area contributed by atoms with Gasteiger partial charge < -0.3 is 25.2 Å². The molecule has 0 aliphatic heterocycles. The number of hydrogen-bond acceptors (Lipinski definition) is 7. The molecule has 0 saturated heterocycles. The third-order valence-corrected chi connectivity index (χ3v) is 4.37. The van der Waals surface area contributed by atoms with E-state index in [0.717, 1.165) is 0 Å². The van der Waals surface area contributed by atoms with Crippen molar-refractivity contribution in [2.75, 3.05) is 30.9 Å². The zero-order chi connectivity index (χ0) is 23.1. The van der Waals surface area contributed by atoms with E-state index in [1.54, 1.807) is 30.3 Å². The van der Waals surface area contributed by atoms with E-state index in [1.165, 1.54) is 25.3 Å². The van der Waals surface area contributed by atoms with Crippen molar-refractivity contribution in [1.29, 1.82) is 0 Å². The van der Waals surface area contributed by atoms with Gasteiger partial charge in [-0.3, -0.25) is 0 Å². The molecule has 1 heterocycles. The van der Waals surface area contributed by atoms with Crippen LogP contribution in [0.25, 0.3) is 11.3 Å². The zero-order valence-electron chi connectivity index (χ0n) is 16.9. The summed E-state index contributed by atoms with van der Waals surface area (Å²) in [5.74, 6) is 0.727. The number of hydrogen-bond donors (Lipinski definition) is 3. The van der Waals surface area contributed by atoms with E-state index in [4.69, 9.17) is 21.4 Å². The van der Waals surface area contributed by atoms with E-state index in [0.29, 0.717) is 46.5 Å². The van der Waals surface area contributed by atoms with Crippen LogP contribution in [0.4, 0.5) is 30.6 Å². The molecule has 3 rings (SSSR count). The van der Waals surface area contributed by atoms with E-state index < -0.39 is 6.36 Å². The number of anilines is 3. The molecule has 0 spiro atoms. The Bertz CT molecular complexity index is 1070. The zero-order valence-corrected chi connectivity index (χ0v) is 17.7. The highest BCUT2D eigenvalue weighted by Crippen LogP contribution is 2.32. The third-order valence-electron chi connectivity index (χ3n) is 4.13. The number of aromatic nitrogens is 2. The maximum absolute atomic E-state index is 12.6. The Morgan fingerprint density at radius 3 is 2.62 bits per heavy atom. The van der Waals surface area contributed by atoms with Gasteiger partial charge in [-0.25, -0.2) is 4.98 Å². The van der Waals surface area contributed by atoms with Gasteiger partial charge in [-0.15, -0.1) is 13.2 Å². The fourth-order valence-electron chi connectivity index (χ4n) is 2.79. The van der Waals surface area contributed by atoms with E-state index >= 15 is 0 Å². The number of methoxy groups -OCH3 is 1. The Balaban J connectivity index is 1.98. The van der Waals surface area contributed by atoms with Crippen molar-refractivity contribution < 1.29 is 27.8 Å². The Morgan fingerprint density at radius 2 is 1.91 bits per heavy atom. The van der Waals surface area contributed by atoms with Gasteiger partial charge in [0, 0.05) is 29.8 Å². The Labute approximate surface area is 187 Å². The summed E-state index contributed by atoms with van der Waals surface area (Å²) in [5, 5.41) is 15.6. The molecule has 0 fully saturated rings. The summed E-state index contributed by atoms with van der Waals surface area (Å²) in [6.07, 6.45) is -4.34. The van der Waals surface area contributed by atoms with Crippen molar-refractivity contribution in [2.24, 2.45) is 0 Å². The van der Waals surface area contributed by atoms with Crippen molar-refractivity contribution in [3.8, 4) is 22.8 Å². The van der Waals surface area contributed by atoms with Crippen LogP contribution >= 0.6 is 11.6 Å². The van der Waals surface area contributed by atoms with Gasteiger partial charge in [-0.05, 0) is 36.8 Å². The molecule has 0 saturated carbocycles. The van der Waals surface area contributed by atoms with Crippen molar-refractivity contribution in [3.63, 3.8) is 0 Å². The van der Waals surface area contributed by atoms with Gasteiger partial charge in [-0.2, -0.15) is 4.98 Å². The predicted molar refractivity (Wildman–Crippen MR) is 116 cm³/mol. The molecule has 0 aliphatic carbocycles. The highest BCUT2D eigenvalue weighted by atomic mass is 35.5. The second kappa shape index (κ2) is 10.4. The molecule has 0 aliphatic rings. The second-order valence-electron chi connectivity index (χ2n) is 6.51. The minimum atomic E-state index is -4.81. The lowest BCUT2D eigenvalue weighted by atomic mass is 10.1. The van der Waals surface area contributed by atoms with Gasteiger partial charge in [0.2, 0.25) is 5.95 Å². The van der Waals surface area contributed by atoms with Crippen molar-refractivity contribution in [2.45, 2.75) is 12.8 Å². The van der Waals surface area contributed by atoms with Crippen LogP contribution in [0, 0.1) is 0 Å². The van der Waals surface area contributed by atoms with Crippen LogP contribution in [0.3, 0.4) is 0 Å². The van der Waals surface area contributed by atoms with Crippen LogP contribution in [0.15, 0.2) is 48.5 Å². The monoisotopic (exact) mass is 468 g/mol. The number of halogens is 4. The van der Waals surface area contributed by atoms with Crippen LogP contribution in [0.1, 0.15) is 6.42 Å². The first-order valence-electron chi connectivity index (χ1n) is 9.48. The molecule has 32 heavy (non-hydrogen) atoms. The number of nitrogens with one attached hydrogen (secondary N) is 2. The molecule has 7 nitrogen and oxygen atoms in total.